The zero-order chi connectivity index (χ0) is 5.98. The third kappa shape index (κ3) is 0.832. The van der Waals surface area contributed by atoms with Crippen molar-refractivity contribution >= 4 is 12.0 Å². The number of hydrogen-bond acceptors (Lipinski definition) is 2. The molecule has 0 unspecified atom stereocenters. The fourth-order valence-electron chi connectivity index (χ4n) is 0.642. The minimum Gasteiger partial charge on any atom is -0.297 e. The Morgan fingerprint density at radius 3 is 2.88 bits per heavy atom. The molecule has 0 atom stereocenters. The number of carbonyl (C=O) groups is 1. The SMILES string of the molecule is CC1=CN=C(C=O)C1. The maximum absolute atomic E-state index is 9.99. The molecule has 0 fully saturated rings. The predicted molar refractivity (Wildman–Crippen MR) is 31.9 cm³/mol. The van der Waals surface area contributed by atoms with E-state index < -0.39 is 0 Å². The van der Waals surface area contributed by atoms with Crippen molar-refractivity contribution in [1.29, 1.82) is 0 Å². The second-order valence-electron chi connectivity index (χ2n) is 1.89. The Bertz CT molecular complexity index is 167. The van der Waals surface area contributed by atoms with Gasteiger partial charge in [-0.15, -0.1) is 0 Å². The van der Waals surface area contributed by atoms with Gasteiger partial charge in [-0.3, -0.25) is 9.79 Å². The summed E-state index contributed by atoms with van der Waals surface area (Å²) in [5, 5.41) is 0. The van der Waals surface area contributed by atoms with E-state index in [0.29, 0.717) is 5.71 Å². The van der Waals surface area contributed by atoms with Gasteiger partial charge in [0.05, 0.1) is 5.71 Å². The van der Waals surface area contributed by atoms with Crippen molar-refractivity contribution in [3.63, 3.8) is 0 Å². The van der Waals surface area contributed by atoms with E-state index in [9.17, 15) is 4.79 Å². The van der Waals surface area contributed by atoms with E-state index in [1.165, 1.54) is 0 Å². The zero-order valence-corrected chi connectivity index (χ0v) is 4.72. The molecular weight excluding hydrogens is 102 g/mol. The molecule has 0 bridgehead atoms. The van der Waals surface area contributed by atoms with Crippen LogP contribution in [0.15, 0.2) is 16.8 Å². The summed E-state index contributed by atoms with van der Waals surface area (Å²) >= 11 is 0. The highest BCUT2D eigenvalue weighted by atomic mass is 16.1. The van der Waals surface area contributed by atoms with E-state index in [-0.39, 0.29) is 0 Å². The van der Waals surface area contributed by atoms with Crippen LogP contribution in [0.4, 0.5) is 0 Å². The second-order valence-corrected chi connectivity index (χ2v) is 1.89. The Balaban J connectivity index is 2.61. The summed E-state index contributed by atoms with van der Waals surface area (Å²) in [4.78, 5) is 13.8. The Kier molecular flexibility index (Phi) is 1.24. The number of rotatable bonds is 1. The first-order chi connectivity index (χ1) is 3.83. The molecule has 8 heavy (non-hydrogen) atoms. The first kappa shape index (κ1) is 5.22. The van der Waals surface area contributed by atoms with Gasteiger partial charge in [0.1, 0.15) is 0 Å². The Morgan fingerprint density at radius 2 is 2.62 bits per heavy atom. The quantitative estimate of drug-likeness (QED) is 0.460. The molecule has 0 saturated carbocycles. The minimum atomic E-state index is 0.641. The molecule has 1 heterocycles. The smallest absolute Gasteiger partial charge is 0.164 e. The molecule has 0 aliphatic carbocycles. The lowest BCUT2D eigenvalue weighted by molar-refractivity contribution is -0.102. The largest absolute Gasteiger partial charge is 0.297 e. The van der Waals surface area contributed by atoms with Crippen LogP contribution in [-0.2, 0) is 4.79 Å². The Morgan fingerprint density at radius 1 is 1.88 bits per heavy atom. The van der Waals surface area contributed by atoms with Gasteiger partial charge in [-0.2, -0.15) is 0 Å². The molecule has 0 N–H and O–H groups in total. The summed E-state index contributed by atoms with van der Waals surface area (Å²) in [5.41, 5.74) is 1.80. The summed E-state index contributed by atoms with van der Waals surface area (Å²) in [7, 11) is 0. The van der Waals surface area contributed by atoms with Gasteiger partial charge >= 0.3 is 0 Å². The van der Waals surface area contributed by atoms with Crippen LogP contribution in [0, 0.1) is 0 Å². The fraction of sp³-hybridized carbons (Fsp3) is 0.333. The topological polar surface area (TPSA) is 29.4 Å². The molecule has 2 nitrogen and oxygen atoms in total. The van der Waals surface area contributed by atoms with Crippen molar-refractivity contribution in [3.05, 3.63) is 11.8 Å². The Hall–Kier alpha value is -0.920. The van der Waals surface area contributed by atoms with E-state index in [2.05, 4.69) is 4.99 Å². The lowest BCUT2D eigenvalue weighted by atomic mass is 10.2. The van der Waals surface area contributed by atoms with Gasteiger partial charge in [0, 0.05) is 12.6 Å². The highest BCUT2D eigenvalue weighted by Crippen LogP contribution is 2.07. The summed E-state index contributed by atoms with van der Waals surface area (Å²) in [6, 6.07) is 0. The van der Waals surface area contributed by atoms with E-state index in [1.807, 2.05) is 6.92 Å². The van der Waals surface area contributed by atoms with Gasteiger partial charge in [0.15, 0.2) is 6.29 Å². The van der Waals surface area contributed by atoms with E-state index in [0.717, 1.165) is 18.3 Å². The molecule has 0 aromatic heterocycles. The zero-order valence-electron chi connectivity index (χ0n) is 4.72. The van der Waals surface area contributed by atoms with Gasteiger partial charge in [0.25, 0.3) is 0 Å². The van der Waals surface area contributed by atoms with Crippen LogP contribution in [0.3, 0.4) is 0 Å². The molecule has 0 amide bonds. The average Bonchev–Trinajstić information content (AvgIpc) is 2.14. The molecule has 0 aromatic rings. The van der Waals surface area contributed by atoms with Crippen LogP contribution in [0.25, 0.3) is 0 Å². The molecule has 0 spiro atoms. The van der Waals surface area contributed by atoms with Crippen molar-refractivity contribution < 1.29 is 4.79 Å². The highest BCUT2D eigenvalue weighted by molar-refractivity contribution is 6.29. The molecule has 1 rings (SSSR count). The number of hydrogen-bond donors (Lipinski definition) is 0. The Labute approximate surface area is 47.9 Å². The van der Waals surface area contributed by atoms with Gasteiger partial charge in [0.2, 0.25) is 0 Å². The summed E-state index contributed by atoms with van der Waals surface area (Å²) < 4.78 is 0. The van der Waals surface area contributed by atoms with Crippen LogP contribution in [0.5, 0.6) is 0 Å². The van der Waals surface area contributed by atoms with Crippen LogP contribution in [0.1, 0.15) is 13.3 Å². The van der Waals surface area contributed by atoms with Crippen LogP contribution in [-0.4, -0.2) is 12.0 Å². The monoisotopic (exact) mass is 109 g/mol. The van der Waals surface area contributed by atoms with Crippen LogP contribution < -0.4 is 0 Å². The second kappa shape index (κ2) is 1.90. The molecule has 1 aliphatic heterocycles. The molecular formula is C6H7NO. The van der Waals surface area contributed by atoms with E-state index in [4.69, 9.17) is 0 Å². The third-order valence-corrected chi connectivity index (χ3v) is 1.05. The molecule has 42 valence electrons. The fourth-order valence-corrected chi connectivity index (χ4v) is 0.642. The normalized spacial score (nSPS) is 17.6. The molecule has 0 radical (unpaired) electrons. The first-order valence-electron chi connectivity index (χ1n) is 2.50. The molecule has 0 saturated heterocycles. The predicted octanol–water partition coefficient (Wildman–Crippen LogP) is 0.934. The lowest BCUT2D eigenvalue weighted by Crippen LogP contribution is -1.93. The maximum Gasteiger partial charge on any atom is 0.164 e. The van der Waals surface area contributed by atoms with E-state index in [1.54, 1.807) is 6.20 Å². The molecule has 1 aliphatic rings. The summed E-state index contributed by atoms with van der Waals surface area (Å²) in [6.45, 7) is 1.96. The summed E-state index contributed by atoms with van der Waals surface area (Å²) in [6.07, 6.45) is 3.26. The maximum atomic E-state index is 9.99. The van der Waals surface area contributed by atoms with Crippen LogP contribution >= 0.6 is 0 Å². The van der Waals surface area contributed by atoms with Crippen molar-refractivity contribution in [2.75, 3.05) is 0 Å². The number of allylic oxidation sites excluding steroid dienone is 1. The third-order valence-electron chi connectivity index (χ3n) is 1.05. The van der Waals surface area contributed by atoms with Gasteiger partial charge < -0.3 is 0 Å². The van der Waals surface area contributed by atoms with Gasteiger partial charge in [-0.1, -0.05) is 0 Å². The minimum absolute atomic E-state index is 0.641. The van der Waals surface area contributed by atoms with Crippen molar-refractivity contribution in [3.8, 4) is 0 Å². The number of carbonyl (C=O) groups excluding carboxylic acids is 1. The first-order valence-corrected chi connectivity index (χ1v) is 2.50. The number of aldehydes is 1. The van der Waals surface area contributed by atoms with Crippen molar-refractivity contribution in [1.82, 2.24) is 0 Å². The summed E-state index contributed by atoms with van der Waals surface area (Å²) in [5.74, 6) is 0. The average molecular weight is 109 g/mol. The molecule has 2 heteroatoms. The van der Waals surface area contributed by atoms with Crippen LogP contribution in [0.2, 0.25) is 0 Å². The number of aliphatic imine (C=N–C) groups is 1. The van der Waals surface area contributed by atoms with Crippen molar-refractivity contribution in [2.24, 2.45) is 4.99 Å². The van der Waals surface area contributed by atoms with Gasteiger partial charge in [-0.05, 0) is 12.5 Å². The van der Waals surface area contributed by atoms with Gasteiger partial charge in [-0.25, -0.2) is 0 Å². The molecule has 0 aromatic carbocycles. The standard InChI is InChI=1S/C6H7NO/c1-5-2-6(4-8)7-3-5/h3-4H,2H2,1H3. The number of nitrogens with zero attached hydrogens (tertiary/aromatic N) is 1. The van der Waals surface area contributed by atoms with Crippen molar-refractivity contribution in [2.45, 2.75) is 13.3 Å². The van der Waals surface area contributed by atoms with E-state index >= 15 is 0 Å². The highest BCUT2D eigenvalue weighted by Gasteiger charge is 2.02. The lowest BCUT2D eigenvalue weighted by Gasteiger charge is -1.83.